The summed E-state index contributed by atoms with van der Waals surface area (Å²) in [6.45, 7) is 0. The summed E-state index contributed by atoms with van der Waals surface area (Å²) in [5, 5.41) is 2.73. The maximum atomic E-state index is 12.6. The van der Waals surface area contributed by atoms with Crippen LogP contribution >= 0.6 is 15.9 Å². The highest BCUT2D eigenvalue weighted by Gasteiger charge is 2.30. The van der Waals surface area contributed by atoms with Crippen LogP contribution in [0.1, 0.15) is 5.56 Å². The van der Waals surface area contributed by atoms with Crippen molar-refractivity contribution < 1.29 is 13.2 Å². The third-order valence-electron chi connectivity index (χ3n) is 2.21. The van der Waals surface area contributed by atoms with Crippen molar-refractivity contribution in [3.05, 3.63) is 40.6 Å². The van der Waals surface area contributed by atoms with Crippen molar-refractivity contribution >= 4 is 33.3 Å². The van der Waals surface area contributed by atoms with Crippen LogP contribution < -0.4 is 11.1 Å². The highest BCUT2D eigenvalue weighted by Crippen LogP contribution is 2.34. The van der Waals surface area contributed by atoms with E-state index in [0.717, 1.165) is 12.1 Å². The molecule has 0 atom stereocenters. The van der Waals surface area contributed by atoms with Gasteiger partial charge in [0.1, 0.15) is 5.82 Å². The normalized spacial score (nSPS) is 11.4. The molecule has 0 radical (unpaired) electrons. The number of nitrogen functional groups attached to an aromatic ring is 1. The standard InChI is InChI=1S/C11H8BrF3N4/c12-7-2-1-6(11(13,14)15)3-8(7)18-10-5-17-4-9(16)19-10/h1-5H,(H3,16,18,19). The van der Waals surface area contributed by atoms with Crippen LogP contribution in [0.5, 0.6) is 0 Å². The van der Waals surface area contributed by atoms with Crippen molar-refractivity contribution in [2.24, 2.45) is 0 Å². The Kier molecular flexibility index (Phi) is 3.61. The first kappa shape index (κ1) is 13.6. The zero-order valence-electron chi connectivity index (χ0n) is 9.37. The van der Waals surface area contributed by atoms with E-state index in [2.05, 4.69) is 31.2 Å². The SMILES string of the molecule is Nc1cncc(Nc2cc(C(F)(F)F)ccc2Br)n1. The summed E-state index contributed by atoms with van der Waals surface area (Å²) in [5.41, 5.74) is 4.92. The summed E-state index contributed by atoms with van der Waals surface area (Å²) >= 11 is 3.16. The number of aromatic nitrogens is 2. The minimum atomic E-state index is -4.40. The van der Waals surface area contributed by atoms with Crippen LogP contribution in [0.3, 0.4) is 0 Å². The summed E-state index contributed by atoms with van der Waals surface area (Å²) in [6.07, 6.45) is -1.70. The molecule has 0 saturated carbocycles. The second kappa shape index (κ2) is 5.04. The smallest absolute Gasteiger partial charge is 0.382 e. The van der Waals surface area contributed by atoms with Gasteiger partial charge < -0.3 is 11.1 Å². The van der Waals surface area contributed by atoms with Gasteiger partial charge in [-0.1, -0.05) is 0 Å². The van der Waals surface area contributed by atoms with Crippen LogP contribution in [0.2, 0.25) is 0 Å². The minimum Gasteiger partial charge on any atom is -0.382 e. The Morgan fingerprint density at radius 2 is 1.95 bits per heavy atom. The number of nitrogens with zero attached hydrogens (tertiary/aromatic N) is 2. The summed E-state index contributed by atoms with van der Waals surface area (Å²) in [6, 6.07) is 3.28. The van der Waals surface area contributed by atoms with Crippen molar-refractivity contribution in [2.75, 3.05) is 11.1 Å². The molecule has 8 heteroatoms. The van der Waals surface area contributed by atoms with Crippen LogP contribution in [-0.2, 0) is 6.18 Å². The maximum Gasteiger partial charge on any atom is 0.416 e. The van der Waals surface area contributed by atoms with Gasteiger partial charge in [0.25, 0.3) is 0 Å². The Bertz CT molecular complexity index is 601. The van der Waals surface area contributed by atoms with E-state index in [-0.39, 0.29) is 17.3 Å². The van der Waals surface area contributed by atoms with Crippen LogP contribution in [0.4, 0.5) is 30.5 Å². The van der Waals surface area contributed by atoms with Crippen molar-refractivity contribution in [1.29, 1.82) is 0 Å². The van der Waals surface area contributed by atoms with Crippen LogP contribution in [-0.4, -0.2) is 9.97 Å². The van der Waals surface area contributed by atoms with E-state index in [4.69, 9.17) is 5.73 Å². The lowest BCUT2D eigenvalue weighted by Gasteiger charge is -2.12. The van der Waals surface area contributed by atoms with E-state index in [1.165, 1.54) is 18.5 Å². The van der Waals surface area contributed by atoms with E-state index in [1.54, 1.807) is 0 Å². The first-order valence-corrected chi connectivity index (χ1v) is 5.87. The molecule has 0 aliphatic rings. The first-order chi connectivity index (χ1) is 8.86. The average Bonchev–Trinajstić information content (AvgIpc) is 2.30. The molecule has 2 rings (SSSR count). The number of rotatable bonds is 2. The summed E-state index contributed by atoms with van der Waals surface area (Å²) in [7, 11) is 0. The zero-order valence-corrected chi connectivity index (χ0v) is 11.0. The van der Waals surface area contributed by atoms with E-state index in [9.17, 15) is 13.2 Å². The molecule has 1 aromatic carbocycles. The molecule has 2 aromatic rings. The molecule has 0 aliphatic carbocycles. The van der Waals surface area contributed by atoms with Gasteiger partial charge in [-0.15, -0.1) is 0 Å². The quantitative estimate of drug-likeness (QED) is 0.882. The first-order valence-electron chi connectivity index (χ1n) is 5.07. The number of nitrogens with one attached hydrogen (secondary N) is 1. The molecule has 1 heterocycles. The van der Waals surface area contributed by atoms with Crippen molar-refractivity contribution in [2.45, 2.75) is 6.18 Å². The third kappa shape index (κ3) is 3.34. The lowest BCUT2D eigenvalue weighted by molar-refractivity contribution is -0.137. The molecule has 3 N–H and O–H groups in total. The van der Waals surface area contributed by atoms with Gasteiger partial charge in [-0.05, 0) is 34.1 Å². The van der Waals surface area contributed by atoms with Gasteiger partial charge in [-0.3, -0.25) is 4.98 Å². The van der Waals surface area contributed by atoms with E-state index in [0.29, 0.717) is 4.47 Å². The molecule has 0 spiro atoms. The van der Waals surface area contributed by atoms with Crippen molar-refractivity contribution in [1.82, 2.24) is 9.97 Å². The molecule has 19 heavy (non-hydrogen) atoms. The molecule has 0 bridgehead atoms. The summed E-state index contributed by atoms with van der Waals surface area (Å²) < 4.78 is 38.3. The van der Waals surface area contributed by atoms with Gasteiger partial charge in [0.05, 0.1) is 23.6 Å². The Hall–Kier alpha value is -1.83. The highest BCUT2D eigenvalue weighted by molar-refractivity contribution is 9.10. The van der Waals surface area contributed by atoms with E-state index in [1.807, 2.05) is 0 Å². The molecular weight excluding hydrogens is 325 g/mol. The highest BCUT2D eigenvalue weighted by atomic mass is 79.9. The molecule has 0 saturated heterocycles. The van der Waals surface area contributed by atoms with Gasteiger partial charge in [0, 0.05) is 4.47 Å². The Balaban J connectivity index is 2.34. The van der Waals surface area contributed by atoms with Crippen molar-refractivity contribution in [3.63, 3.8) is 0 Å². The van der Waals surface area contributed by atoms with Crippen LogP contribution in [0, 0.1) is 0 Å². The molecule has 1 aromatic heterocycles. The monoisotopic (exact) mass is 332 g/mol. The van der Waals surface area contributed by atoms with Crippen LogP contribution in [0.15, 0.2) is 35.1 Å². The minimum absolute atomic E-state index is 0.174. The molecule has 4 nitrogen and oxygen atoms in total. The molecule has 0 unspecified atom stereocenters. The van der Waals surface area contributed by atoms with Crippen LogP contribution in [0.25, 0.3) is 0 Å². The number of nitrogens with two attached hydrogens (primary N) is 1. The number of anilines is 3. The lowest BCUT2D eigenvalue weighted by atomic mass is 10.2. The molecule has 100 valence electrons. The second-order valence-electron chi connectivity index (χ2n) is 3.65. The topological polar surface area (TPSA) is 63.8 Å². The number of hydrogen-bond donors (Lipinski definition) is 2. The predicted octanol–water partition coefficient (Wildman–Crippen LogP) is 3.58. The Labute approximate surface area is 115 Å². The Morgan fingerprint density at radius 3 is 2.58 bits per heavy atom. The number of halogens is 4. The fraction of sp³-hybridized carbons (Fsp3) is 0.0909. The largest absolute Gasteiger partial charge is 0.416 e. The number of alkyl halides is 3. The van der Waals surface area contributed by atoms with E-state index < -0.39 is 11.7 Å². The average molecular weight is 333 g/mol. The molecular formula is C11H8BrF3N4. The summed E-state index contributed by atoms with van der Waals surface area (Å²) in [4.78, 5) is 7.70. The number of hydrogen-bond acceptors (Lipinski definition) is 4. The zero-order chi connectivity index (χ0) is 14.0. The van der Waals surface area contributed by atoms with Gasteiger partial charge in [-0.2, -0.15) is 13.2 Å². The van der Waals surface area contributed by atoms with Gasteiger partial charge in [-0.25, -0.2) is 4.98 Å². The van der Waals surface area contributed by atoms with Gasteiger partial charge >= 0.3 is 6.18 Å². The van der Waals surface area contributed by atoms with E-state index >= 15 is 0 Å². The molecule has 0 fully saturated rings. The third-order valence-corrected chi connectivity index (χ3v) is 2.90. The van der Waals surface area contributed by atoms with Crippen molar-refractivity contribution in [3.8, 4) is 0 Å². The fourth-order valence-electron chi connectivity index (χ4n) is 1.38. The van der Waals surface area contributed by atoms with Gasteiger partial charge in [0.15, 0.2) is 5.82 Å². The summed E-state index contributed by atoms with van der Waals surface area (Å²) in [5.74, 6) is 0.438. The molecule has 0 amide bonds. The Morgan fingerprint density at radius 1 is 1.21 bits per heavy atom. The number of benzene rings is 1. The predicted molar refractivity (Wildman–Crippen MR) is 68.9 cm³/mol. The molecule has 0 aliphatic heterocycles. The maximum absolute atomic E-state index is 12.6. The second-order valence-corrected chi connectivity index (χ2v) is 4.50. The van der Waals surface area contributed by atoms with Gasteiger partial charge in [0.2, 0.25) is 0 Å². The fourth-order valence-corrected chi connectivity index (χ4v) is 1.72. The lowest BCUT2D eigenvalue weighted by Crippen LogP contribution is -2.06.